The lowest BCUT2D eigenvalue weighted by molar-refractivity contribution is 0.0990. The summed E-state index contributed by atoms with van der Waals surface area (Å²) < 4.78 is 29.0. The van der Waals surface area contributed by atoms with Crippen LogP contribution in [0.3, 0.4) is 0 Å². The van der Waals surface area contributed by atoms with Crippen LogP contribution in [0.4, 0.5) is 8.78 Å². The summed E-state index contributed by atoms with van der Waals surface area (Å²) in [4.78, 5) is 12.6. The Morgan fingerprint density at radius 2 is 1.89 bits per heavy atom. The molecule has 4 nitrogen and oxygen atoms in total. The standard InChI is InChI=1S/C20H17F2N3OS/c1-12(18(26)16-10-9-14(21)11-17(16)22)27-20-24-23-19(13-7-8-13)25(20)15-5-3-2-4-6-15/h2-6,9-13H,7-8H2,1H3. The summed E-state index contributed by atoms with van der Waals surface area (Å²) in [6, 6.07) is 12.7. The molecule has 0 aliphatic heterocycles. The number of nitrogens with zero attached hydrogens (tertiary/aromatic N) is 3. The SMILES string of the molecule is CC(Sc1nnc(C2CC2)n1-c1ccccc1)C(=O)c1ccc(F)cc1F. The van der Waals surface area contributed by atoms with Gasteiger partial charge in [0.05, 0.1) is 10.8 Å². The van der Waals surface area contributed by atoms with Gasteiger partial charge < -0.3 is 0 Å². The number of carbonyl (C=O) groups excluding carboxylic acids is 1. The fraction of sp³-hybridized carbons (Fsp3) is 0.250. The Labute approximate surface area is 159 Å². The van der Waals surface area contributed by atoms with E-state index in [0.717, 1.165) is 36.5 Å². The van der Waals surface area contributed by atoms with Crippen LogP contribution in [0.15, 0.2) is 53.7 Å². The third-order valence-electron chi connectivity index (χ3n) is 4.46. The quantitative estimate of drug-likeness (QED) is 0.452. The maximum absolute atomic E-state index is 14.0. The number of benzene rings is 2. The number of para-hydroxylation sites is 1. The lowest BCUT2D eigenvalue weighted by atomic mass is 10.1. The average Bonchev–Trinajstić information content (AvgIpc) is 3.42. The Hall–Kier alpha value is -2.54. The van der Waals surface area contributed by atoms with Crippen molar-refractivity contribution in [3.05, 3.63) is 71.6 Å². The van der Waals surface area contributed by atoms with Crippen LogP contribution in [0.1, 0.15) is 41.9 Å². The Bertz CT molecular complexity index is 986. The summed E-state index contributed by atoms with van der Waals surface area (Å²) in [5.74, 6) is -0.699. The molecule has 1 unspecified atom stereocenters. The van der Waals surface area contributed by atoms with E-state index >= 15 is 0 Å². The minimum Gasteiger partial charge on any atom is -0.293 e. The first kappa shape index (κ1) is 17.9. The normalized spacial score (nSPS) is 14.9. The molecule has 1 atom stereocenters. The molecule has 138 valence electrons. The molecule has 0 spiro atoms. The van der Waals surface area contributed by atoms with Crippen molar-refractivity contribution < 1.29 is 13.6 Å². The van der Waals surface area contributed by atoms with Gasteiger partial charge in [-0.05, 0) is 44.0 Å². The zero-order valence-corrected chi connectivity index (χ0v) is 15.4. The smallest absolute Gasteiger partial charge is 0.196 e. The van der Waals surface area contributed by atoms with Crippen molar-refractivity contribution in [3.8, 4) is 5.69 Å². The number of hydrogen-bond donors (Lipinski definition) is 0. The summed E-state index contributed by atoms with van der Waals surface area (Å²) >= 11 is 1.23. The van der Waals surface area contributed by atoms with E-state index in [1.165, 1.54) is 17.8 Å². The van der Waals surface area contributed by atoms with Gasteiger partial charge in [0.1, 0.15) is 17.5 Å². The van der Waals surface area contributed by atoms with Crippen LogP contribution in [0.5, 0.6) is 0 Å². The number of rotatable bonds is 6. The highest BCUT2D eigenvalue weighted by Crippen LogP contribution is 2.41. The number of ketones is 1. The van der Waals surface area contributed by atoms with Crippen LogP contribution in [0.2, 0.25) is 0 Å². The van der Waals surface area contributed by atoms with Gasteiger partial charge in [-0.15, -0.1) is 10.2 Å². The fourth-order valence-electron chi connectivity index (χ4n) is 2.90. The second kappa shape index (κ2) is 7.23. The summed E-state index contributed by atoms with van der Waals surface area (Å²) in [6.45, 7) is 1.69. The fourth-order valence-corrected chi connectivity index (χ4v) is 3.85. The second-order valence-electron chi connectivity index (χ2n) is 6.53. The first-order valence-corrected chi connectivity index (χ1v) is 9.59. The van der Waals surface area contributed by atoms with Crippen molar-refractivity contribution in [1.82, 2.24) is 14.8 Å². The first-order chi connectivity index (χ1) is 13.0. The van der Waals surface area contributed by atoms with Gasteiger partial charge in [0.15, 0.2) is 10.9 Å². The van der Waals surface area contributed by atoms with Crippen LogP contribution in [-0.4, -0.2) is 25.8 Å². The Morgan fingerprint density at radius 3 is 2.56 bits per heavy atom. The van der Waals surface area contributed by atoms with E-state index in [9.17, 15) is 13.6 Å². The molecule has 27 heavy (non-hydrogen) atoms. The average molecular weight is 385 g/mol. The lowest BCUT2D eigenvalue weighted by Crippen LogP contribution is -2.16. The van der Waals surface area contributed by atoms with Crippen molar-refractivity contribution in [2.75, 3.05) is 0 Å². The third kappa shape index (κ3) is 3.64. The minimum absolute atomic E-state index is 0.121. The first-order valence-electron chi connectivity index (χ1n) is 8.71. The molecule has 3 aromatic rings. The summed E-state index contributed by atoms with van der Waals surface area (Å²) in [7, 11) is 0. The predicted octanol–water partition coefficient (Wildman–Crippen LogP) is 4.79. The van der Waals surface area contributed by atoms with Gasteiger partial charge in [0, 0.05) is 17.7 Å². The zero-order chi connectivity index (χ0) is 19.0. The molecule has 0 amide bonds. The van der Waals surface area contributed by atoms with Crippen LogP contribution in [0.25, 0.3) is 5.69 Å². The Morgan fingerprint density at radius 1 is 1.15 bits per heavy atom. The van der Waals surface area contributed by atoms with E-state index in [-0.39, 0.29) is 5.56 Å². The van der Waals surface area contributed by atoms with E-state index in [0.29, 0.717) is 11.1 Å². The molecule has 0 N–H and O–H groups in total. The van der Waals surface area contributed by atoms with Gasteiger partial charge in [-0.3, -0.25) is 9.36 Å². The van der Waals surface area contributed by atoms with E-state index in [2.05, 4.69) is 10.2 Å². The topological polar surface area (TPSA) is 47.8 Å². The second-order valence-corrected chi connectivity index (χ2v) is 7.84. The number of thioether (sulfide) groups is 1. The number of Topliss-reactive ketones (excluding diaryl/α,β-unsaturated/α-hetero) is 1. The van der Waals surface area contributed by atoms with E-state index in [1.807, 2.05) is 34.9 Å². The van der Waals surface area contributed by atoms with Crippen LogP contribution in [0, 0.1) is 11.6 Å². The molecular weight excluding hydrogens is 368 g/mol. The molecule has 1 heterocycles. The summed E-state index contributed by atoms with van der Waals surface area (Å²) in [5, 5.41) is 8.60. The maximum Gasteiger partial charge on any atom is 0.196 e. The van der Waals surface area contributed by atoms with E-state index in [1.54, 1.807) is 6.92 Å². The maximum atomic E-state index is 14.0. The van der Waals surface area contributed by atoms with Gasteiger partial charge >= 0.3 is 0 Å². The van der Waals surface area contributed by atoms with Gasteiger partial charge in [-0.25, -0.2) is 8.78 Å². The molecule has 0 radical (unpaired) electrons. The predicted molar refractivity (Wildman–Crippen MR) is 99.3 cm³/mol. The molecule has 1 fully saturated rings. The molecule has 2 aromatic carbocycles. The summed E-state index contributed by atoms with van der Waals surface area (Å²) in [6.07, 6.45) is 2.15. The van der Waals surface area contributed by atoms with Crippen LogP contribution >= 0.6 is 11.8 Å². The number of halogens is 2. The van der Waals surface area contributed by atoms with Gasteiger partial charge in [0.2, 0.25) is 0 Å². The van der Waals surface area contributed by atoms with Crippen molar-refractivity contribution >= 4 is 17.5 Å². The van der Waals surface area contributed by atoms with E-state index < -0.39 is 22.7 Å². The highest BCUT2D eigenvalue weighted by molar-refractivity contribution is 8.00. The molecule has 1 aromatic heterocycles. The van der Waals surface area contributed by atoms with Crippen LogP contribution < -0.4 is 0 Å². The Kier molecular flexibility index (Phi) is 4.78. The molecular formula is C20H17F2N3OS. The third-order valence-corrected chi connectivity index (χ3v) is 5.51. The molecule has 1 aliphatic rings. The highest BCUT2D eigenvalue weighted by atomic mass is 32.2. The van der Waals surface area contributed by atoms with Gasteiger partial charge in [0.25, 0.3) is 0 Å². The van der Waals surface area contributed by atoms with Crippen molar-refractivity contribution in [2.24, 2.45) is 0 Å². The molecule has 0 bridgehead atoms. The molecule has 0 saturated heterocycles. The number of aromatic nitrogens is 3. The Balaban J connectivity index is 1.63. The lowest BCUT2D eigenvalue weighted by Gasteiger charge is -2.13. The largest absolute Gasteiger partial charge is 0.293 e. The summed E-state index contributed by atoms with van der Waals surface area (Å²) in [5.41, 5.74) is 0.809. The van der Waals surface area contributed by atoms with E-state index in [4.69, 9.17) is 0 Å². The number of hydrogen-bond acceptors (Lipinski definition) is 4. The molecule has 1 aliphatic carbocycles. The van der Waals surface area contributed by atoms with Gasteiger partial charge in [-0.2, -0.15) is 0 Å². The van der Waals surface area contributed by atoms with Crippen molar-refractivity contribution in [2.45, 2.75) is 36.1 Å². The molecule has 1 saturated carbocycles. The molecule has 7 heteroatoms. The van der Waals surface area contributed by atoms with Crippen molar-refractivity contribution in [1.29, 1.82) is 0 Å². The van der Waals surface area contributed by atoms with Gasteiger partial charge in [-0.1, -0.05) is 30.0 Å². The zero-order valence-electron chi connectivity index (χ0n) is 14.6. The van der Waals surface area contributed by atoms with Crippen molar-refractivity contribution in [3.63, 3.8) is 0 Å². The molecule has 4 rings (SSSR count). The number of carbonyl (C=O) groups is 1. The minimum atomic E-state index is -0.851. The highest BCUT2D eigenvalue weighted by Gasteiger charge is 2.32. The van der Waals surface area contributed by atoms with Crippen LogP contribution in [-0.2, 0) is 0 Å². The monoisotopic (exact) mass is 385 g/mol.